The fourth-order valence-corrected chi connectivity index (χ4v) is 13.1. The van der Waals surface area contributed by atoms with Gasteiger partial charge in [0.05, 0.1) is 37.6 Å². The molecular formula is C41H44Cl2FNO4Si. The van der Waals surface area contributed by atoms with Gasteiger partial charge in [0.15, 0.2) is 0 Å². The third-order valence-corrected chi connectivity index (χ3v) is 16.1. The maximum Gasteiger partial charge on any atom is 0.309 e. The molecule has 2 aliphatic rings. The highest BCUT2D eigenvalue weighted by molar-refractivity contribution is 6.99. The molecule has 1 fully saturated rings. The lowest BCUT2D eigenvalue weighted by atomic mass is 9.83. The number of amides is 1. The largest absolute Gasteiger partial charge is 0.466 e. The first-order chi connectivity index (χ1) is 23.9. The summed E-state index contributed by atoms with van der Waals surface area (Å²) in [7, 11) is -2.99. The average Bonchev–Trinajstić information content (AvgIpc) is 3.88. The Kier molecular flexibility index (Phi) is 10.6. The first-order valence-corrected chi connectivity index (χ1v) is 20.0. The van der Waals surface area contributed by atoms with E-state index in [0.29, 0.717) is 34.0 Å². The molecule has 262 valence electrons. The summed E-state index contributed by atoms with van der Waals surface area (Å²) < 4.78 is 28.6. The zero-order valence-corrected chi connectivity index (χ0v) is 31.7. The van der Waals surface area contributed by atoms with E-state index in [1.54, 1.807) is 31.2 Å². The lowest BCUT2D eigenvalue weighted by molar-refractivity contribution is -0.144. The van der Waals surface area contributed by atoms with Crippen molar-refractivity contribution in [3.63, 3.8) is 0 Å². The average molecular weight is 733 g/mol. The van der Waals surface area contributed by atoms with Gasteiger partial charge in [0.1, 0.15) is 5.82 Å². The molecule has 4 aromatic rings. The van der Waals surface area contributed by atoms with Gasteiger partial charge in [0.25, 0.3) is 8.32 Å². The molecule has 0 saturated heterocycles. The van der Waals surface area contributed by atoms with E-state index in [1.165, 1.54) is 6.07 Å². The molecule has 1 aliphatic heterocycles. The van der Waals surface area contributed by atoms with Crippen LogP contribution < -0.4 is 10.4 Å². The van der Waals surface area contributed by atoms with Crippen molar-refractivity contribution >= 4 is 53.8 Å². The Morgan fingerprint density at radius 3 is 2.06 bits per heavy atom. The summed E-state index contributed by atoms with van der Waals surface area (Å²) in [6.07, 6.45) is 0.923. The molecule has 4 aromatic carbocycles. The van der Waals surface area contributed by atoms with E-state index in [9.17, 15) is 9.59 Å². The molecule has 0 radical (unpaired) electrons. The molecule has 1 amide bonds. The molecular weight excluding hydrogens is 688 g/mol. The maximum absolute atomic E-state index is 15.9. The number of fused-ring (bicyclic) bond motifs is 1. The molecule has 1 aliphatic carbocycles. The van der Waals surface area contributed by atoms with Crippen LogP contribution in [0.4, 0.5) is 4.39 Å². The molecule has 0 bridgehead atoms. The fourth-order valence-electron chi connectivity index (χ4n) is 7.98. The highest BCUT2D eigenvalue weighted by atomic mass is 35.5. The standard InChI is InChI=1S/C41H44Cl2FNO4Si/c1-6-48-40(47)33-23-32(33)39-31-22-27(25-49-50(41(3,4)5,28-14-9-7-10-15-28)29-16-11-8-12-17-29)45(26(2)30(31)20-21-37(39)44)38(46)24-34-35(42)18-13-19-36(34)43/h7-21,26-27,32-33H,6,22-25H2,1-5H3/t26-,27+,32?,33-/m0/s1. The van der Waals surface area contributed by atoms with Crippen LogP contribution in [-0.4, -0.2) is 44.3 Å². The molecule has 0 spiro atoms. The monoisotopic (exact) mass is 731 g/mol. The van der Waals surface area contributed by atoms with Crippen LogP contribution in [0.5, 0.6) is 0 Å². The van der Waals surface area contributed by atoms with Crippen molar-refractivity contribution in [1.82, 2.24) is 4.90 Å². The lowest BCUT2D eigenvalue weighted by Crippen LogP contribution is -2.67. The summed E-state index contributed by atoms with van der Waals surface area (Å²) >= 11 is 13.1. The molecule has 1 unspecified atom stereocenters. The smallest absolute Gasteiger partial charge is 0.309 e. The minimum Gasteiger partial charge on any atom is -0.466 e. The number of halogens is 3. The van der Waals surface area contributed by atoms with Gasteiger partial charge >= 0.3 is 5.97 Å². The van der Waals surface area contributed by atoms with Crippen LogP contribution in [-0.2, 0) is 31.6 Å². The van der Waals surface area contributed by atoms with Crippen molar-refractivity contribution in [1.29, 1.82) is 0 Å². The van der Waals surface area contributed by atoms with Crippen LogP contribution in [0.1, 0.15) is 75.3 Å². The summed E-state index contributed by atoms with van der Waals surface area (Å²) in [5.41, 5.74) is 2.85. The number of nitrogens with zero attached hydrogens (tertiary/aromatic N) is 1. The number of rotatable bonds is 10. The number of esters is 1. The van der Waals surface area contributed by atoms with Crippen molar-refractivity contribution in [2.24, 2.45) is 5.92 Å². The zero-order valence-electron chi connectivity index (χ0n) is 29.2. The maximum atomic E-state index is 15.9. The molecule has 6 rings (SSSR count). The van der Waals surface area contributed by atoms with E-state index in [4.69, 9.17) is 32.4 Å². The molecule has 0 N–H and O–H groups in total. The Labute approximate surface area is 305 Å². The van der Waals surface area contributed by atoms with Gasteiger partial charge < -0.3 is 14.1 Å². The molecule has 9 heteroatoms. The Bertz CT molecular complexity index is 1810. The minimum atomic E-state index is -2.99. The second-order valence-electron chi connectivity index (χ2n) is 14.4. The van der Waals surface area contributed by atoms with Gasteiger partial charge in [-0.05, 0) is 82.6 Å². The van der Waals surface area contributed by atoms with Gasteiger partial charge in [0, 0.05) is 16.0 Å². The normalized spacial score (nSPS) is 20.3. The second kappa shape index (κ2) is 14.6. The molecule has 5 nitrogen and oxygen atoms in total. The second-order valence-corrected chi connectivity index (χ2v) is 19.5. The van der Waals surface area contributed by atoms with Gasteiger partial charge in [-0.3, -0.25) is 9.59 Å². The van der Waals surface area contributed by atoms with Crippen LogP contribution in [0, 0.1) is 11.7 Å². The summed E-state index contributed by atoms with van der Waals surface area (Å²) in [5.74, 6) is -1.41. The Morgan fingerprint density at radius 1 is 0.900 bits per heavy atom. The topological polar surface area (TPSA) is 55.8 Å². The fraction of sp³-hybridized carbons (Fsp3) is 0.366. The first-order valence-electron chi connectivity index (χ1n) is 17.4. The number of carbonyl (C=O) groups is 2. The van der Waals surface area contributed by atoms with Crippen LogP contribution in [0.3, 0.4) is 0 Å². The number of carbonyl (C=O) groups excluding carboxylic acids is 2. The summed E-state index contributed by atoms with van der Waals surface area (Å²) in [6.45, 7) is 10.9. The Morgan fingerprint density at radius 2 is 1.50 bits per heavy atom. The summed E-state index contributed by atoms with van der Waals surface area (Å²) in [6, 6.07) is 28.4. The molecule has 0 aromatic heterocycles. The van der Waals surface area contributed by atoms with Crippen molar-refractivity contribution in [2.45, 2.75) is 76.9 Å². The molecule has 1 saturated carbocycles. The SMILES string of the molecule is CCOC(=O)[C@H]1CC1c1c(F)ccc2c1C[C@H](CO[Si](c1ccccc1)(c1ccccc1)C(C)(C)C)N(C(=O)Cc1c(Cl)cccc1Cl)[C@H]2C. The van der Waals surface area contributed by atoms with Gasteiger partial charge in [0.2, 0.25) is 5.91 Å². The van der Waals surface area contributed by atoms with Gasteiger partial charge in [-0.25, -0.2) is 4.39 Å². The third-order valence-electron chi connectivity index (χ3n) is 10.4. The predicted octanol–water partition coefficient (Wildman–Crippen LogP) is 8.43. The van der Waals surface area contributed by atoms with E-state index in [0.717, 1.165) is 21.5 Å². The summed E-state index contributed by atoms with van der Waals surface area (Å²) in [4.78, 5) is 29.1. The molecule has 4 atom stereocenters. The number of hydrogen-bond acceptors (Lipinski definition) is 4. The summed E-state index contributed by atoms with van der Waals surface area (Å²) in [5, 5.41) is 2.83. The van der Waals surface area contributed by atoms with E-state index < -0.39 is 20.4 Å². The lowest BCUT2D eigenvalue weighted by Gasteiger charge is -2.47. The van der Waals surface area contributed by atoms with E-state index in [1.807, 2.05) is 48.2 Å². The van der Waals surface area contributed by atoms with Crippen LogP contribution >= 0.6 is 23.2 Å². The molecule has 50 heavy (non-hydrogen) atoms. The van der Waals surface area contributed by atoms with Crippen molar-refractivity contribution in [3.05, 3.63) is 129 Å². The first kappa shape index (κ1) is 36.3. The quantitative estimate of drug-likeness (QED) is 0.121. The highest BCUT2D eigenvalue weighted by Crippen LogP contribution is 2.52. The van der Waals surface area contributed by atoms with E-state index >= 15 is 4.39 Å². The van der Waals surface area contributed by atoms with E-state index in [2.05, 4.69) is 45.0 Å². The van der Waals surface area contributed by atoms with Crippen LogP contribution in [0.15, 0.2) is 91.0 Å². The predicted molar refractivity (Wildman–Crippen MR) is 200 cm³/mol. The Hall–Kier alpha value is -3.49. The van der Waals surface area contributed by atoms with E-state index in [-0.39, 0.29) is 54.2 Å². The highest BCUT2D eigenvalue weighted by Gasteiger charge is 2.52. The van der Waals surface area contributed by atoms with Gasteiger partial charge in [-0.15, -0.1) is 0 Å². The van der Waals surface area contributed by atoms with Crippen LogP contribution in [0.25, 0.3) is 0 Å². The minimum absolute atomic E-state index is 0.00943. The van der Waals surface area contributed by atoms with Gasteiger partial charge in [-0.1, -0.05) is 117 Å². The van der Waals surface area contributed by atoms with Crippen molar-refractivity contribution in [3.8, 4) is 0 Å². The third kappa shape index (κ3) is 6.78. The Balaban J connectivity index is 1.44. The number of benzene rings is 4. The molecule has 1 heterocycles. The van der Waals surface area contributed by atoms with Crippen molar-refractivity contribution < 1.29 is 23.1 Å². The number of hydrogen-bond donors (Lipinski definition) is 0. The van der Waals surface area contributed by atoms with Crippen LogP contribution in [0.2, 0.25) is 15.1 Å². The van der Waals surface area contributed by atoms with Crippen molar-refractivity contribution in [2.75, 3.05) is 13.2 Å². The zero-order chi connectivity index (χ0) is 35.8. The number of ether oxygens (including phenoxy) is 1. The van der Waals surface area contributed by atoms with Gasteiger partial charge in [-0.2, -0.15) is 0 Å².